The Balaban J connectivity index is 1.35. The van der Waals surface area contributed by atoms with Crippen LogP contribution in [0.25, 0.3) is 0 Å². The van der Waals surface area contributed by atoms with Gasteiger partial charge in [-0.1, -0.05) is 41.9 Å². The van der Waals surface area contributed by atoms with Crippen LogP contribution in [0.2, 0.25) is 5.02 Å². The van der Waals surface area contributed by atoms with Gasteiger partial charge in [0.2, 0.25) is 0 Å². The normalized spacial score (nSPS) is 15.6. The minimum absolute atomic E-state index is 0.213. The zero-order valence-corrected chi connectivity index (χ0v) is 17.4. The van der Waals surface area contributed by atoms with E-state index in [-0.39, 0.29) is 6.04 Å². The molecule has 0 saturated carbocycles. The van der Waals surface area contributed by atoms with E-state index in [4.69, 9.17) is 11.6 Å². The van der Waals surface area contributed by atoms with Gasteiger partial charge in [-0.3, -0.25) is 14.5 Å². The van der Waals surface area contributed by atoms with E-state index in [0.717, 1.165) is 43.3 Å². The molecule has 0 aliphatic carbocycles. The second-order valence-electron chi connectivity index (χ2n) is 7.17. The van der Waals surface area contributed by atoms with Gasteiger partial charge in [0.15, 0.2) is 0 Å². The number of piperazine rings is 1. The van der Waals surface area contributed by atoms with Crippen molar-refractivity contribution < 1.29 is 9.59 Å². The summed E-state index contributed by atoms with van der Waals surface area (Å²) in [6, 6.07) is 17.2. The molecule has 1 aliphatic heterocycles. The molecular formula is C22H27ClN4O2. The smallest absolute Gasteiger partial charge is 0.309 e. The maximum absolute atomic E-state index is 12.1. The zero-order chi connectivity index (χ0) is 20.6. The number of anilines is 1. The zero-order valence-electron chi connectivity index (χ0n) is 16.6. The third-order valence-corrected chi connectivity index (χ3v) is 5.38. The highest BCUT2D eigenvalue weighted by molar-refractivity contribution is 6.35. The standard InChI is InChI=1S/C22H27ClN4O2/c1-17(18-5-3-2-4-6-18)25-22(29)21(28)24-11-12-26-13-15-27(16-14-26)20-9-7-19(23)8-10-20/h2-10,17H,11-16H2,1H3,(H,24,28)(H,25,29)/t17-/m0/s1. The second kappa shape index (κ2) is 10.3. The van der Waals surface area contributed by atoms with E-state index in [9.17, 15) is 9.59 Å². The van der Waals surface area contributed by atoms with E-state index in [2.05, 4.69) is 20.4 Å². The van der Waals surface area contributed by atoms with Gasteiger partial charge in [0.25, 0.3) is 0 Å². The molecule has 154 valence electrons. The summed E-state index contributed by atoms with van der Waals surface area (Å²) < 4.78 is 0. The van der Waals surface area contributed by atoms with Crippen molar-refractivity contribution in [3.05, 3.63) is 65.2 Å². The van der Waals surface area contributed by atoms with Gasteiger partial charge in [-0.25, -0.2) is 0 Å². The maximum atomic E-state index is 12.1. The second-order valence-corrected chi connectivity index (χ2v) is 7.60. The van der Waals surface area contributed by atoms with Crippen LogP contribution in [0.4, 0.5) is 5.69 Å². The molecule has 6 nitrogen and oxygen atoms in total. The molecular weight excluding hydrogens is 388 g/mol. The fourth-order valence-electron chi connectivity index (χ4n) is 3.38. The van der Waals surface area contributed by atoms with Crippen molar-refractivity contribution in [2.75, 3.05) is 44.2 Å². The van der Waals surface area contributed by atoms with Crippen LogP contribution in [0.5, 0.6) is 0 Å². The first-order valence-electron chi connectivity index (χ1n) is 9.89. The molecule has 0 unspecified atom stereocenters. The number of rotatable bonds is 6. The molecule has 1 atom stereocenters. The van der Waals surface area contributed by atoms with Crippen LogP contribution in [-0.4, -0.2) is 56.0 Å². The molecule has 2 aromatic rings. The predicted molar refractivity (Wildman–Crippen MR) is 116 cm³/mol. The summed E-state index contributed by atoms with van der Waals surface area (Å²) in [5.41, 5.74) is 2.14. The number of nitrogens with one attached hydrogen (secondary N) is 2. The van der Waals surface area contributed by atoms with Gasteiger partial charge in [0.1, 0.15) is 0 Å². The molecule has 0 aromatic heterocycles. The topological polar surface area (TPSA) is 64.7 Å². The molecule has 0 spiro atoms. The van der Waals surface area contributed by atoms with E-state index in [1.165, 1.54) is 5.69 Å². The Labute approximate surface area is 176 Å². The van der Waals surface area contributed by atoms with E-state index in [1.54, 1.807) is 0 Å². The Bertz CT molecular complexity index is 805. The van der Waals surface area contributed by atoms with Crippen molar-refractivity contribution in [2.24, 2.45) is 0 Å². The first kappa shape index (κ1) is 21.1. The van der Waals surface area contributed by atoms with Crippen molar-refractivity contribution >= 4 is 29.1 Å². The summed E-state index contributed by atoms with van der Waals surface area (Å²) in [5, 5.41) is 6.19. The Kier molecular flexibility index (Phi) is 7.49. The Morgan fingerprint density at radius 3 is 2.28 bits per heavy atom. The molecule has 3 rings (SSSR count). The fraction of sp³-hybridized carbons (Fsp3) is 0.364. The first-order valence-corrected chi connectivity index (χ1v) is 10.3. The molecule has 1 heterocycles. The minimum atomic E-state index is -0.603. The summed E-state index contributed by atoms with van der Waals surface area (Å²) in [5.74, 6) is -1.19. The van der Waals surface area contributed by atoms with Gasteiger partial charge in [-0.05, 0) is 36.8 Å². The molecule has 7 heteroatoms. The molecule has 2 aromatic carbocycles. The molecule has 0 bridgehead atoms. The number of hydrogen-bond acceptors (Lipinski definition) is 4. The highest BCUT2D eigenvalue weighted by atomic mass is 35.5. The summed E-state index contributed by atoms with van der Waals surface area (Å²) in [6.07, 6.45) is 0. The largest absolute Gasteiger partial charge is 0.369 e. The van der Waals surface area contributed by atoms with Gasteiger partial charge >= 0.3 is 11.8 Å². The average Bonchev–Trinajstić information content (AvgIpc) is 2.75. The van der Waals surface area contributed by atoms with Crippen molar-refractivity contribution in [1.82, 2.24) is 15.5 Å². The number of halogens is 1. The highest BCUT2D eigenvalue weighted by Crippen LogP contribution is 2.19. The van der Waals surface area contributed by atoms with Gasteiger partial charge in [-0.2, -0.15) is 0 Å². The van der Waals surface area contributed by atoms with Crippen LogP contribution >= 0.6 is 11.6 Å². The molecule has 0 radical (unpaired) electrons. The fourth-order valence-corrected chi connectivity index (χ4v) is 3.50. The molecule has 1 fully saturated rings. The van der Waals surface area contributed by atoms with Crippen molar-refractivity contribution in [1.29, 1.82) is 0 Å². The first-order chi connectivity index (χ1) is 14.0. The molecule has 29 heavy (non-hydrogen) atoms. The van der Waals surface area contributed by atoms with Gasteiger partial charge in [0.05, 0.1) is 6.04 Å². The van der Waals surface area contributed by atoms with Crippen LogP contribution in [0, 0.1) is 0 Å². The molecule has 1 aliphatic rings. The lowest BCUT2D eigenvalue weighted by Gasteiger charge is -2.36. The molecule has 1 saturated heterocycles. The Hall–Kier alpha value is -2.57. The summed E-state index contributed by atoms with van der Waals surface area (Å²) in [7, 11) is 0. The summed E-state index contributed by atoms with van der Waals surface area (Å²) >= 11 is 5.95. The monoisotopic (exact) mass is 414 g/mol. The van der Waals surface area contributed by atoms with Crippen molar-refractivity contribution in [3.8, 4) is 0 Å². The maximum Gasteiger partial charge on any atom is 0.309 e. The SMILES string of the molecule is C[C@H](NC(=O)C(=O)NCCN1CCN(c2ccc(Cl)cc2)CC1)c1ccccc1. The molecule has 2 N–H and O–H groups in total. The van der Waals surface area contributed by atoms with E-state index in [0.29, 0.717) is 6.54 Å². The lowest BCUT2D eigenvalue weighted by atomic mass is 10.1. The van der Waals surface area contributed by atoms with Gasteiger partial charge < -0.3 is 15.5 Å². The number of carbonyl (C=O) groups is 2. The van der Waals surface area contributed by atoms with Crippen LogP contribution in [0.3, 0.4) is 0 Å². The number of amides is 2. The van der Waals surface area contributed by atoms with E-state index < -0.39 is 11.8 Å². The number of nitrogens with zero attached hydrogens (tertiary/aromatic N) is 2. The van der Waals surface area contributed by atoms with Crippen LogP contribution in [-0.2, 0) is 9.59 Å². The van der Waals surface area contributed by atoms with Crippen LogP contribution < -0.4 is 15.5 Å². The minimum Gasteiger partial charge on any atom is -0.369 e. The number of benzene rings is 2. The van der Waals surface area contributed by atoms with Gasteiger partial charge in [0, 0.05) is 50.0 Å². The third kappa shape index (κ3) is 6.21. The summed E-state index contributed by atoms with van der Waals surface area (Å²) in [6.45, 7) is 6.70. The Morgan fingerprint density at radius 2 is 1.62 bits per heavy atom. The lowest BCUT2D eigenvalue weighted by molar-refractivity contribution is -0.139. The van der Waals surface area contributed by atoms with Crippen LogP contribution in [0.15, 0.2) is 54.6 Å². The lowest BCUT2D eigenvalue weighted by Crippen LogP contribution is -2.49. The van der Waals surface area contributed by atoms with E-state index >= 15 is 0 Å². The number of hydrogen-bond donors (Lipinski definition) is 2. The average molecular weight is 415 g/mol. The Morgan fingerprint density at radius 1 is 0.966 bits per heavy atom. The van der Waals surface area contributed by atoms with Gasteiger partial charge in [-0.15, -0.1) is 0 Å². The van der Waals surface area contributed by atoms with Crippen LogP contribution in [0.1, 0.15) is 18.5 Å². The van der Waals surface area contributed by atoms with E-state index in [1.807, 2.05) is 61.5 Å². The highest BCUT2D eigenvalue weighted by Gasteiger charge is 2.19. The summed E-state index contributed by atoms with van der Waals surface area (Å²) in [4.78, 5) is 28.7. The third-order valence-electron chi connectivity index (χ3n) is 5.13. The van der Waals surface area contributed by atoms with Crippen molar-refractivity contribution in [3.63, 3.8) is 0 Å². The van der Waals surface area contributed by atoms with Crippen molar-refractivity contribution in [2.45, 2.75) is 13.0 Å². The quantitative estimate of drug-likeness (QED) is 0.713. The predicted octanol–water partition coefficient (Wildman–Crippen LogP) is 2.46. The molecule has 2 amide bonds. The number of carbonyl (C=O) groups excluding carboxylic acids is 2.